The topological polar surface area (TPSA) is 30.3 Å². The summed E-state index contributed by atoms with van der Waals surface area (Å²) in [5, 5.41) is 8.55. The largest absolute Gasteiger partial charge is 0.345 e. The number of nitrogens with one attached hydrogen (secondary N) is 1. The van der Waals surface area contributed by atoms with Crippen LogP contribution in [0.5, 0.6) is 0 Å². The van der Waals surface area contributed by atoms with E-state index in [1.165, 1.54) is 28.6 Å². The quantitative estimate of drug-likeness (QED) is 0.279. The van der Waals surface area contributed by atoms with Gasteiger partial charge in [0.15, 0.2) is 0 Å². The fraction of sp³-hybridized carbons (Fsp3) is 0.400. The lowest BCUT2D eigenvalue weighted by molar-refractivity contribution is -0.206. The van der Waals surface area contributed by atoms with E-state index in [1.807, 2.05) is 13.0 Å². The van der Waals surface area contributed by atoms with Gasteiger partial charge in [-0.05, 0) is 99.3 Å². The van der Waals surface area contributed by atoms with Crippen molar-refractivity contribution >= 4 is 11.4 Å². The molecule has 0 amide bonds. The number of alkyl halides is 1. The minimum absolute atomic E-state index is 0.118. The van der Waals surface area contributed by atoms with Crippen LogP contribution in [0.1, 0.15) is 59.9 Å². The SMILES string of the molecule is C=C(C1CCN(Cc2ccc(C(=N)c3ccccc3F)c(C)c2)CC1)N(CC12CC(F)(C1)C2)c1ccccc1C. The molecular formula is C35H39F2N3. The van der Waals surface area contributed by atoms with Crippen molar-refractivity contribution in [2.75, 3.05) is 24.5 Å². The number of nitrogens with zero attached hydrogens (tertiary/aromatic N) is 2. The maximum Gasteiger partial charge on any atom is 0.132 e. The van der Waals surface area contributed by atoms with Crippen molar-refractivity contribution in [3.05, 3.63) is 113 Å². The lowest BCUT2D eigenvalue weighted by Gasteiger charge is -2.67. The van der Waals surface area contributed by atoms with Crippen molar-refractivity contribution in [1.29, 1.82) is 5.41 Å². The molecule has 1 N–H and O–H groups in total. The smallest absolute Gasteiger partial charge is 0.132 e. The van der Waals surface area contributed by atoms with Gasteiger partial charge in [0.1, 0.15) is 11.5 Å². The van der Waals surface area contributed by atoms with E-state index < -0.39 is 5.67 Å². The molecule has 208 valence electrons. The Morgan fingerprint density at radius 1 is 0.950 bits per heavy atom. The number of piperidine rings is 1. The number of likely N-dealkylation sites (tertiary alicyclic amines) is 1. The summed E-state index contributed by atoms with van der Waals surface area (Å²) in [5.41, 5.74) is 6.39. The molecule has 0 unspecified atom stereocenters. The molecule has 40 heavy (non-hydrogen) atoms. The minimum Gasteiger partial charge on any atom is -0.345 e. The molecule has 1 heterocycles. The second-order valence-electron chi connectivity index (χ2n) is 12.6. The molecule has 3 nitrogen and oxygen atoms in total. The number of rotatable bonds is 9. The maximum atomic E-state index is 14.3. The lowest BCUT2D eigenvalue weighted by atomic mass is 9.42. The van der Waals surface area contributed by atoms with Crippen LogP contribution in [-0.2, 0) is 6.54 Å². The zero-order valence-electron chi connectivity index (χ0n) is 23.6. The number of aryl methyl sites for hydroxylation is 2. The Morgan fingerprint density at radius 3 is 2.27 bits per heavy atom. The van der Waals surface area contributed by atoms with Gasteiger partial charge < -0.3 is 4.90 Å². The zero-order valence-corrected chi connectivity index (χ0v) is 23.6. The van der Waals surface area contributed by atoms with E-state index in [-0.39, 0.29) is 16.9 Å². The molecule has 3 aromatic carbocycles. The Morgan fingerprint density at radius 2 is 1.62 bits per heavy atom. The fourth-order valence-electron chi connectivity index (χ4n) is 7.39. The number of allylic oxidation sites excluding steroid dienone is 1. The Balaban J connectivity index is 1.09. The van der Waals surface area contributed by atoms with Gasteiger partial charge in [-0.3, -0.25) is 10.3 Å². The number of hydrogen-bond donors (Lipinski definition) is 1. The summed E-state index contributed by atoms with van der Waals surface area (Å²) in [4.78, 5) is 4.91. The molecule has 3 aliphatic carbocycles. The first kappa shape index (κ1) is 26.9. The van der Waals surface area contributed by atoms with Crippen molar-refractivity contribution in [2.24, 2.45) is 11.3 Å². The second-order valence-corrected chi connectivity index (χ2v) is 12.6. The summed E-state index contributed by atoms with van der Waals surface area (Å²) in [7, 11) is 0. The molecule has 0 spiro atoms. The predicted molar refractivity (Wildman–Crippen MR) is 159 cm³/mol. The van der Waals surface area contributed by atoms with Crippen LogP contribution in [0, 0.1) is 36.4 Å². The number of hydrogen-bond acceptors (Lipinski definition) is 3. The Hall–Kier alpha value is -3.31. The Labute approximate surface area is 237 Å². The molecule has 1 aliphatic heterocycles. The number of para-hydroxylation sites is 1. The fourth-order valence-corrected chi connectivity index (χ4v) is 7.39. The Kier molecular flexibility index (Phi) is 6.90. The van der Waals surface area contributed by atoms with E-state index in [0.717, 1.165) is 50.1 Å². The normalized spacial score (nSPS) is 24.2. The van der Waals surface area contributed by atoms with Crippen molar-refractivity contribution in [3.8, 4) is 0 Å². The third kappa shape index (κ3) is 5.01. The lowest BCUT2D eigenvalue weighted by Crippen LogP contribution is -2.68. The molecule has 3 aromatic rings. The average Bonchev–Trinajstić information content (AvgIpc) is 2.90. The van der Waals surface area contributed by atoms with E-state index >= 15 is 0 Å². The van der Waals surface area contributed by atoms with Crippen molar-refractivity contribution in [1.82, 2.24) is 4.90 Å². The van der Waals surface area contributed by atoms with Crippen LogP contribution in [0.2, 0.25) is 0 Å². The van der Waals surface area contributed by atoms with Gasteiger partial charge in [-0.15, -0.1) is 0 Å². The summed E-state index contributed by atoms with van der Waals surface area (Å²) >= 11 is 0. The summed E-state index contributed by atoms with van der Waals surface area (Å²) in [6.45, 7) is 12.5. The van der Waals surface area contributed by atoms with Gasteiger partial charge in [-0.2, -0.15) is 0 Å². The monoisotopic (exact) mass is 539 g/mol. The first-order valence-electron chi connectivity index (χ1n) is 14.5. The number of benzene rings is 3. The molecule has 0 radical (unpaired) electrons. The molecule has 3 saturated carbocycles. The zero-order chi connectivity index (χ0) is 28.1. The highest BCUT2D eigenvalue weighted by Gasteiger charge is 2.69. The van der Waals surface area contributed by atoms with E-state index in [2.05, 4.69) is 59.7 Å². The summed E-state index contributed by atoms with van der Waals surface area (Å²) < 4.78 is 28.6. The molecular weight excluding hydrogens is 500 g/mol. The van der Waals surface area contributed by atoms with Gasteiger partial charge in [-0.1, -0.05) is 55.1 Å². The standard InChI is InChI=1S/C35H39F2N3/c1-24-8-4-7-11-32(24)40(23-34-20-35(37,21-34)22-34)26(3)28-14-16-39(17-15-28)19-27-12-13-29(25(2)18-27)33(38)30-9-5-6-10-31(30)36/h4-13,18,28,38H,3,14-17,19-23H2,1-2H3. The third-order valence-corrected chi connectivity index (χ3v) is 9.49. The molecule has 4 aliphatic rings. The van der Waals surface area contributed by atoms with Gasteiger partial charge in [0.05, 0.1) is 5.71 Å². The van der Waals surface area contributed by atoms with Crippen LogP contribution in [0.3, 0.4) is 0 Å². The summed E-state index contributed by atoms with van der Waals surface area (Å²) in [6, 6.07) is 21.2. The maximum absolute atomic E-state index is 14.3. The molecule has 2 bridgehead atoms. The van der Waals surface area contributed by atoms with Gasteiger partial charge >= 0.3 is 0 Å². The van der Waals surface area contributed by atoms with Gasteiger partial charge in [0.25, 0.3) is 0 Å². The highest BCUT2D eigenvalue weighted by atomic mass is 19.1. The van der Waals surface area contributed by atoms with Crippen LogP contribution in [0.4, 0.5) is 14.5 Å². The van der Waals surface area contributed by atoms with Gasteiger partial charge in [0, 0.05) is 41.5 Å². The highest BCUT2D eigenvalue weighted by molar-refractivity contribution is 6.11. The summed E-state index contributed by atoms with van der Waals surface area (Å²) in [6.07, 6.45) is 4.21. The average molecular weight is 540 g/mol. The molecule has 7 rings (SSSR count). The first-order chi connectivity index (χ1) is 19.2. The van der Waals surface area contributed by atoms with Crippen molar-refractivity contribution < 1.29 is 8.78 Å². The molecule has 5 heteroatoms. The number of anilines is 1. The first-order valence-corrected chi connectivity index (χ1v) is 14.5. The van der Waals surface area contributed by atoms with Crippen molar-refractivity contribution in [3.63, 3.8) is 0 Å². The van der Waals surface area contributed by atoms with Crippen LogP contribution < -0.4 is 4.90 Å². The molecule has 0 aromatic heterocycles. The third-order valence-electron chi connectivity index (χ3n) is 9.49. The van der Waals surface area contributed by atoms with Gasteiger partial charge in [-0.25, -0.2) is 8.78 Å². The number of halogens is 2. The minimum atomic E-state index is -0.890. The Bertz CT molecular complexity index is 1430. The predicted octanol–water partition coefficient (Wildman–Crippen LogP) is 7.98. The van der Waals surface area contributed by atoms with E-state index in [1.54, 1.807) is 18.2 Å². The highest BCUT2D eigenvalue weighted by Crippen LogP contribution is 2.70. The van der Waals surface area contributed by atoms with Crippen LogP contribution in [0.25, 0.3) is 0 Å². The molecule has 0 atom stereocenters. The van der Waals surface area contributed by atoms with E-state index in [4.69, 9.17) is 5.41 Å². The van der Waals surface area contributed by atoms with Crippen LogP contribution >= 0.6 is 0 Å². The van der Waals surface area contributed by atoms with E-state index in [9.17, 15) is 8.78 Å². The van der Waals surface area contributed by atoms with Crippen LogP contribution in [0.15, 0.2) is 79.0 Å². The van der Waals surface area contributed by atoms with Crippen molar-refractivity contribution in [2.45, 2.75) is 58.2 Å². The second kappa shape index (κ2) is 10.3. The molecule has 4 fully saturated rings. The summed E-state index contributed by atoms with van der Waals surface area (Å²) in [5.74, 6) is 0.0462. The van der Waals surface area contributed by atoms with Gasteiger partial charge in [0.2, 0.25) is 0 Å². The van der Waals surface area contributed by atoms with E-state index in [0.29, 0.717) is 30.7 Å². The van der Waals surface area contributed by atoms with Crippen LogP contribution in [-0.4, -0.2) is 35.9 Å². The molecule has 1 saturated heterocycles.